The molecule has 0 aliphatic carbocycles. The second kappa shape index (κ2) is 5.77. The number of aromatic nitrogens is 3. The lowest BCUT2D eigenvalue weighted by molar-refractivity contribution is -0.122. The maximum Gasteiger partial charge on any atom is 0.358 e. The number of carbonyl (C=O) groups excluding carboxylic acids is 1. The van der Waals surface area contributed by atoms with Gasteiger partial charge in [-0.2, -0.15) is 0 Å². The molecule has 4 N–H and O–H groups in total. The predicted molar refractivity (Wildman–Crippen MR) is 70.1 cm³/mol. The first kappa shape index (κ1) is 15.4. The van der Waals surface area contributed by atoms with Crippen molar-refractivity contribution in [1.82, 2.24) is 20.3 Å². The molecule has 1 aromatic rings. The van der Waals surface area contributed by atoms with E-state index >= 15 is 0 Å². The number of aromatic carboxylic acids is 1. The third-order valence-electron chi connectivity index (χ3n) is 3.12. The number of amides is 1. The van der Waals surface area contributed by atoms with E-state index in [4.69, 9.17) is 10.8 Å². The smallest absolute Gasteiger partial charge is 0.358 e. The highest BCUT2D eigenvalue weighted by Gasteiger charge is 2.29. The van der Waals surface area contributed by atoms with Crippen LogP contribution < -0.4 is 11.1 Å². The van der Waals surface area contributed by atoms with Crippen molar-refractivity contribution in [3.63, 3.8) is 0 Å². The molecule has 1 saturated heterocycles. The van der Waals surface area contributed by atoms with Crippen LogP contribution in [-0.4, -0.2) is 57.9 Å². The molecule has 1 aliphatic rings. The minimum Gasteiger partial charge on any atom is -0.476 e. The Kier molecular flexibility index (Phi) is 4.23. The highest BCUT2D eigenvalue weighted by Crippen LogP contribution is 2.11. The first-order valence-electron chi connectivity index (χ1n) is 6.18. The standard InChI is InChI=1S/C10H15N5O5S/c11-3-7-9(10(17)18)13-14-15(7)4-8(16)12-6-1-2-21(19,20)5-6/h6H,1-5,11H2,(H,12,16)(H,17,18). The molecule has 11 heteroatoms. The molecule has 10 nitrogen and oxygen atoms in total. The molecule has 0 spiro atoms. The van der Waals surface area contributed by atoms with Crippen molar-refractivity contribution in [1.29, 1.82) is 0 Å². The molecule has 0 saturated carbocycles. The summed E-state index contributed by atoms with van der Waals surface area (Å²) in [7, 11) is -3.08. The maximum atomic E-state index is 11.8. The lowest BCUT2D eigenvalue weighted by Gasteiger charge is -2.11. The molecule has 0 radical (unpaired) electrons. The van der Waals surface area contributed by atoms with Crippen molar-refractivity contribution in [2.24, 2.45) is 5.73 Å². The Morgan fingerprint density at radius 3 is 2.71 bits per heavy atom. The minimum absolute atomic E-state index is 0.0541. The first-order chi connectivity index (χ1) is 9.82. The monoisotopic (exact) mass is 317 g/mol. The van der Waals surface area contributed by atoms with E-state index in [1.807, 2.05) is 0 Å². The molecule has 1 aromatic heterocycles. The molecule has 1 atom stereocenters. The number of sulfone groups is 1. The molecule has 1 amide bonds. The molecular weight excluding hydrogens is 302 g/mol. The van der Waals surface area contributed by atoms with E-state index in [1.54, 1.807) is 0 Å². The minimum atomic E-state index is -3.08. The first-order valence-corrected chi connectivity index (χ1v) is 8.00. The van der Waals surface area contributed by atoms with Gasteiger partial charge in [0.2, 0.25) is 5.91 Å². The maximum absolute atomic E-state index is 11.8. The quantitative estimate of drug-likeness (QED) is 0.549. The molecule has 2 heterocycles. The van der Waals surface area contributed by atoms with Crippen LogP contribution in [0.4, 0.5) is 0 Å². The van der Waals surface area contributed by atoms with Gasteiger partial charge in [-0.25, -0.2) is 17.9 Å². The van der Waals surface area contributed by atoms with Crippen molar-refractivity contribution in [3.05, 3.63) is 11.4 Å². The van der Waals surface area contributed by atoms with Crippen LogP contribution in [0.1, 0.15) is 22.6 Å². The van der Waals surface area contributed by atoms with Crippen molar-refractivity contribution in [2.75, 3.05) is 11.5 Å². The summed E-state index contributed by atoms with van der Waals surface area (Å²) in [5, 5.41) is 18.5. The average molecular weight is 317 g/mol. The van der Waals surface area contributed by atoms with Gasteiger partial charge in [-0.15, -0.1) is 5.10 Å². The van der Waals surface area contributed by atoms with Crippen LogP contribution >= 0.6 is 0 Å². The largest absolute Gasteiger partial charge is 0.476 e. The van der Waals surface area contributed by atoms with Crippen molar-refractivity contribution < 1.29 is 23.1 Å². The van der Waals surface area contributed by atoms with Gasteiger partial charge in [0.25, 0.3) is 0 Å². The SMILES string of the molecule is NCc1c(C(=O)O)nnn1CC(=O)NC1CCS(=O)(=O)C1. The van der Waals surface area contributed by atoms with Crippen LogP contribution in [-0.2, 0) is 27.7 Å². The zero-order valence-corrected chi connectivity index (χ0v) is 11.8. The number of carbonyl (C=O) groups is 2. The Morgan fingerprint density at radius 2 is 2.19 bits per heavy atom. The number of carboxylic acids is 1. The Hall–Kier alpha value is -2.01. The zero-order valence-electron chi connectivity index (χ0n) is 11.0. The Morgan fingerprint density at radius 1 is 1.48 bits per heavy atom. The van der Waals surface area contributed by atoms with Gasteiger partial charge in [-0.1, -0.05) is 5.21 Å². The summed E-state index contributed by atoms with van der Waals surface area (Å²) in [6, 6.07) is -0.425. The van der Waals surface area contributed by atoms with Crippen LogP contribution in [0.5, 0.6) is 0 Å². The number of rotatable bonds is 5. The molecule has 0 aromatic carbocycles. The molecule has 21 heavy (non-hydrogen) atoms. The van der Waals surface area contributed by atoms with Gasteiger partial charge in [0.1, 0.15) is 6.54 Å². The Balaban J connectivity index is 2.02. The predicted octanol–water partition coefficient (Wildman–Crippen LogP) is -2.26. The van der Waals surface area contributed by atoms with Crippen LogP contribution in [0.25, 0.3) is 0 Å². The third-order valence-corrected chi connectivity index (χ3v) is 4.89. The van der Waals surface area contributed by atoms with Crippen LogP contribution in [0, 0.1) is 0 Å². The normalized spacial score (nSPS) is 20.3. The number of nitrogens with two attached hydrogens (primary N) is 1. The number of hydrogen-bond donors (Lipinski definition) is 3. The van der Waals surface area contributed by atoms with Crippen molar-refractivity contribution in [3.8, 4) is 0 Å². The molecule has 1 unspecified atom stereocenters. The van der Waals surface area contributed by atoms with E-state index in [9.17, 15) is 18.0 Å². The van der Waals surface area contributed by atoms with E-state index in [2.05, 4.69) is 15.6 Å². The number of hydrogen-bond acceptors (Lipinski definition) is 7. The Bertz CT molecular complexity index is 667. The van der Waals surface area contributed by atoms with Gasteiger partial charge in [-0.05, 0) is 6.42 Å². The summed E-state index contributed by atoms with van der Waals surface area (Å²) in [6.45, 7) is -0.386. The lowest BCUT2D eigenvalue weighted by atomic mass is 10.2. The number of nitrogens with one attached hydrogen (secondary N) is 1. The molecule has 1 aliphatic heterocycles. The van der Waals surface area contributed by atoms with Gasteiger partial charge >= 0.3 is 5.97 Å². The van der Waals surface area contributed by atoms with Gasteiger partial charge < -0.3 is 16.2 Å². The Labute approximate surface area is 120 Å². The van der Waals surface area contributed by atoms with Gasteiger partial charge in [0.05, 0.1) is 17.2 Å². The van der Waals surface area contributed by atoms with E-state index in [1.165, 1.54) is 0 Å². The second-order valence-corrected chi connectivity index (χ2v) is 6.95. The molecule has 0 bridgehead atoms. The van der Waals surface area contributed by atoms with E-state index < -0.39 is 27.8 Å². The molecule has 1 fully saturated rings. The van der Waals surface area contributed by atoms with E-state index in [0.29, 0.717) is 6.42 Å². The fraction of sp³-hybridized carbons (Fsp3) is 0.600. The second-order valence-electron chi connectivity index (χ2n) is 4.72. The number of carboxylic acid groups (broad SMARTS) is 1. The molecule has 2 rings (SSSR count). The van der Waals surface area contributed by atoms with Crippen molar-refractivity contribution in [2.45, 2.75) is 25.6 Å². The summed E-state index contributed by atoms with van der Waals surface area (Å²) < 4.78 is 23.7. The average Bonchev–Trinajstić information content (AvgIpc) is 2.92. The van der Waals surface area contributed by atoms with Crippen molar-refractivity contribution >= 4 is 21.7 Å². The fourth-order valence-electron chi connectivity index (χ4n) is 2.15. The van der Waals surface area contributed by atoms with Gasteiger partial charge in [-0.3, -0.25) is 4.79 Å². The summed E-state index contributed by atoms with van der Waals surface area (Å²) in [5.74, 6) is -1.77. The van der Waals surface area contributed by atoms with Gasteiger partial charge in [0.15, 0.2) is 15.5 Å². The van der Waals surface area contributed by atoms with E-state index in [-0.39, 0.29) is 36.0 Å². The third kappa shape index (κ3) is 3.55. The summed E-state index contributed by atoms with van der Waals surface area (Å²) in [4.78, 5) is 22.7. The molecule has 116 valence electrons. The summed E-state index contributed by atoms with van der Waals surface area (Å²) in [6.07, 6.45) is 0.371. The highest BCUT2D eigenvalue weighted by atomic mass is 32.2. The topological polar surface area (TPSA) is 157 Å². The van der Waals surface area contributed by atoms with Crippen LogP contribution in [0.3, 0.4) is 0 Å². The zero-order chi connectivity index (χ0) is 15.6. The molecular formula is C10H15N5O5S. The van der Waals surface area contributed by atoms with E-state index in [0.717, 1.165) is 4.68 Å². The highest BCUT2D eigenvalue weighted by molar-refractivity contribution is 7.91. The summed E-state index contributed by atoms with van der Waals surface area (Å²) >= 11 is 0. The van der Waals surface area contributed by atoms with Gasteiger partial charge in [0, 0.05) is 12.6 Å². The fourth-order valence-corrected chi connectivity index (χ4v) is 3.82. The summed E-state index contributed by atoms with van der Waals surface area (Å²) in [5.41, 5.74) is 5.27. The lowest BCUT2D eigenvalue weighted by Crippen LogP contribution is -2.38. The number of nitrogens with zero attached hydrogens (tertiary/aromatic N) is 3. The van der Waals surface area contributed by atoms with Crippen LogP contribution in [0.15, 0.2) is 0 Å². The van der Waals surface area contributed by atoms with Crippen LogP contribution in [0.2, 0.25) is 0 Å².